The van der Waals surface area contributed by atoms with E-state index in [2.05, 4.69) is 16.1 Å². The van der Waals surface area contributed by atoms with Crippen LogP contribution in [0.1, 0.15) is 27.4 Å². The lowest BCUT2D eigenvalue weighted by Gasteiger charge is -2.36. The third-order valence-electron chi connectivity index (χ3n) is 6.62. The fourth-order valence-electron chi connectivity index (χ4n) is 4.51. The quantitative estimate of drug-likeness (QED) is 0.395. The fraction of sp³-hybridized carbons (Fsp3) is 0.286. The summed E-state index contributed by atoms with van der Waals surface area (Å²) >= 11 is 0. The molecule has 1 aliphatic heterocycles. The molecule has 1 aromatic heterocycles. The fourth-order valence-corrected chi connectivity index (χ4v) is 4.51. The minimum Gasteiger partial charge on any atom is -0.497 e. The number of hydrogen-bond acceptors (Lipinski definition) is 6. The van der Waals surface area contributed by atoms with Gasteiger partial charge in [-0.1, -0.05) is 35.5 Å². The van der Waals surface area contributed by atoms with Crippen LogP contribution in [0.2, 0.25) is 0 Å². The van der Waals surface area contributed by atoms with Gasteiger partial charge in [-0.05, 0) is 48.9 Å². The summed E-state index contributed by atoms with van der Waals surface area (Å²) < 4.78 is 16.8. The average Bonchev–Trinajstić information content (AvgIpc) is 3.23. The van der Waals surface area contributed by atoms with Gasteiger partial charge in [0.2, 0.25) is 0 Å². The minimum atomic E-state index is -0.0187. The number of carbonyl (C=O) groups excluding carboxylic acids is 1. The maximum absolute atomic E-state index is 13.7. The summed E-state index contributed by atoms with van der Waals surface area (Å²) in [6.45, 7) is 6.82. The Labute approximate surface area is 204 Å². The molecule has 0 unspecified atom stereocenters. The number of fused-ring (bicyclic) bond motifs is 1. The molecule has 0 atom stereocenters. The lowest BCUT2D eigenvalue weighted by molar-refractivity contribution is 0.0742. The second kappa shape index (κ2) is 9.70. The van der Waals surface area contributed by atoms with E-state index in [0.717, 1.165) is 52.3 Å². The van der Waals surface area contributed by atoms with Crippen molar-refractivity contribution in [3.05, 3.63) is 83.2 Å². The highest BCUT2D eigenvalue weighted by molar-refractivity contribution is 6.01. The van der Waals surface area contributed by atoms with Gasteiger partial charge in [0.15, 0.2) is 0 Å². The second-order valence-electron chi connectivity index (χ2n) is 8.77. The summed E-state index contributed by atoms with van der Waals surface area (Å²) in [6.07, 6.45) is 0. The van der Waals surface area contributed by atoms with Gasteiger partial charge in [-0.15, -0.1) is 0 Å². The minimum absolute atomic E-state index is 0.0187. The number of amides is 1. The molecule has 0 N–H and O–H groups in total. The number of hydrogen-bond donors (Lipinski definition) is 0. The molecule has 0 bridgehead atoms. The number of aromatic nitrogens is 1. The third kappa shape index (κ3) is 4.67. The summed E-state index contributed by atoms with van der Waals surface area (Å²) in [5.74, 6) is 2.11. The molecule has 4 aromatic rings. The first kappa shape index (κ1) is 22.8. The molecule has 0 spiro atoms. The van der Waals surface area contributed by atoms with E-state index in [4.69, 9.17) is 14.0 Å². The Bertz CT molecular complexity index is 1340. The molecule has 0 radical (unpaired) electrons. The van der Waals surface area contributed by atoms with E-state index < -0.39 is 0 Å². The molecule has 3 aromatic carbocycles. The molecular formula is C28H29N3O4. The van der Waals surface area contributed by atoms with Crippen LogP contribution in [0.25, 0.3) is 10.8 Å². The normalized spacial score (nSPS) is 13.8. The third-order valence-corrected chi connectivity index (χ3v) is 6.62. The smallest absolute Gasteiger partial charge is 0.257 e. The van der Waals surface area contributed by atoms with Crippen molar-refractivity contribution in [3.63, 3.8) is 0 Å². The maximum Gasteiger partial charge on any atom is 0.257 e. The first-order chi connectivity index (χ1) is 17.0. The Kier molecular flexibility index (Phi) is 6.31. The first-order valence-corrected chi connectivity index (χ1v) is 11.8. The van der Waals surface area contributed by atoms with E-state index in [1.54, 1.807) is 7.11 Å². The van der Waals surface area contributed by atoms with Crippen LogP contribution in [0.5, 0.6) is 11.5 Å². The summed E-state index contributed by atoms with van der Waals surface area (Å²) in [6, 6.07) is 19.9. The van der Waals surface area contributed by atoms with Crippen molar-refractivity contribution in [1.82, 2.24) is 10.1 Å². The molecule has 7 heteroatoms. The van der Waals surface area contributed by atoms with Gasteiger partial charge in [-0.25, -0.2) is 0 Å². The molecule has 0 saturated carbocycles. The largest absolute Gasteiger partial charge is 0.497 e. The lowest BCUT2D eigenvalue weighted by Crippen LogP contribution is -2.48. The van der Waals surface area contributed by atoms with Gasteiger partial charge >= 0.3 is 0 Å². The molecular weight excluding hydrogens is 442 g/mol. The van der Waals surface area contributed by atoms with Crippen LogP contribution < -0.4 is 14.4 Å². The van der Waals surface area contributed by atoms with E-state index in [0.29, 0.717) is 31.0 Å². The highest BCUT2D eigenvalue weighted by atomic mass is 16.5. The predicted octanol–water partition coefficient (Wildman–Crippen LogP) is 4.99. The number of methoxy groups -OCH3 is 1. The molecule has 35 heavy (non-hydrogen) atoms. The van der Waals surface area contributed by atoms with Crippen LogP contribution in [0, 0.1) is 13.8 Å². The molecule has 1 fully saturated rings. The van der Waals surface area contributed by atoms with Crippen LogP contribution in [0.15, 0.2) is 65.2 Å². The molecule has 2 heterocycles. The number of rotatable bonds is 6. The van der Waals surface area contributed by atoms with Crippen LogP contribution in [-0.4, -0.2) is 49.3 Å². The zero-order valence-corrected chi connectivity index (χ0v) is 20.3. The van der Waals surface area contributed by atoms with E-state index in [1.807, 2.05) is 73.3 Å². The zero-order chi connectivity index (χ0) is 24.4. The molecule has 0 aliphatic carbocycles. The monoisotopic (exact) mass is 471 g/mol. The molecule has 7 nitrogen and oxygen atoms in total. The highest BCUT2D eigenvalue weighted by Gasteiger charge is 2.25. The van der Waals surface area contributed by atoms with Gasteiger partial charge in [0.25, 0.3) is 5.91 Å². The molecule has 1 aliphatic rings. The number of nitrogens with zero attached hydrogens (tertiary/aromatic N) is 3. The second-order valence-corrected chi connectivity index (χ2v) is 8.77. The Morgan fingerprint density at radius 2 is 1.71 bits per heavy atom. The Balaban J connectivity index is 1.37. The number of aryl methyl sites for hydroxylation is 2. The standard InChI is InChI=1S/C28H29N3O4/c1-19-26(20(2)35-29-19)18-34-27-16-22-8-5-4-7-21(22)15-25(27)28(32)31-13-11-30(12-14-31)23-9-6-10-24(17-23)33-3/h4-10,15-17H,11-14,18H2,1-3H3. The van der Waals surface area contributed by atoms with E-state index in [-0.39, 0.29) is 5.91 Å². The molecule has 5 rings (SSSR count). The number of carbonyl (C=O) groups is 1. The van der Waals surface area contributed by atoms with Crippen molar-refractivity contribution in [1.29, 1.82) is 0 Å². The van der Waals surface area contributed by atoms with Crippen LogP contribution in [-0.2, 0) is 6.61 Å². The molecule has 180 valence electrons. The summed E-state index contributed by atoms with van der Waals surface area (Å²) in [5.41, 5.74) is 3.38. The highest BCUT2D eigenvalue weighted by Crippen LogP contribution is 2.30. The van der Waals surface area contributed by atoms with Crippen molar-refractivity contribution < 1.29 is 18.8 Å². The van der Waals surface area contributed by atoms with Crippen LogP contribution in [0.4, 0.5) is 5.69 Å². The maximum atomic E-state index is 13.7. The molecule has 1 amide bonds. The zero-order valence-electron chi connectivity index (χ0n) is 20.3. The lowest BCUT2D eigenvalue weighted by atomic mass is 10.0. The van der Waals surface area contributed by atoms with E-state index >= 15 is 0 Å². The molecule has 1 saturated heterocycles. The SMILES string of the molecule is COc1cccc(N2CCN(C(=O)c3cc4ccccc4cc3OCc3c(C)noc3C)CC2)c1. The predicted molar refractivity (Wildman–Crippen MR) is 135 cm³/mol. The number of piperazine rings is 1. The summed E-state index contributed by atoms with van der Waals surface area (Å²) in [5, 5.41) is 6.05. The number of benzene rings is 3. The average molecular weight is 472 g/mol. The topological polar surface area (TPSA) is 68.0 Å². The van der Waals surface area contributed by atoms with Crippen LogP contribution in [0.3, 0.4) is 0 Å². The van der Waals surface area contributed by atoms with Crippen molar-refractivity contribution >= 4 is 22.4 Å². The Morgan fingerprint density at radius 1 is 0.971 bits per heavy atom. The van der Waals surface area contributed by atoms with Gasteiger partial charge in [0.05, 0.1) is 23.9 Å². The van der Waals surface area contributed by atoms with Crippen molar-refractivity contribution in [2.45, 2.75) is 20.5 Å². The van der Waals surface area contributed by atoms with Gasteiger partial charge in [0, 0.05) is 37.9 Å². The number of ether oxygens (including phenoxy) is 2. The van der Waals surface area contributed by atoms with Crippen LogP contribution >= 0.6 is 0 Å². The Morgan fingerprint density at radius 3 is 2.40 bits per heavy atom. The van der Waals surface area contributed by atoms with Gasteiger partial charge < -0.3 is 23.8 Å². The van der Waals surface area contributed by atoms with E-state index in [9.17, 15) is 4.79 Å². The van der Waals surface area contributed by atoms with Gasteiger partial charge in [0.1, 0.15) is 23.9 Å². The van der Waals surface area contributed by atoms with Gasteiger partial charge in [-0.3, -0.25) is 4.79 Å². The van der Waals surface area contributed by atoms with Gasteiger partial charge in [-0.2, -0.15) is 0 Å². The van der Waals surface area contributed by atoms with Crippen molar-refractivity contribution in [3.8, 4) is 11.5 Å². The number of anilines is 1. The van der Waals surface area contributed by atoms with E-state index in [1.165, 1.54) is 0 Å². The summed E-state index contributed by atoms with van der Waals surface area (Å²) in [4.78, 5) is 17.9. The van der Waals surface area contributed by atoms with Crippen molar-refractivity contribution in [2.75, 3.05) is 38.2 Å². The Hall–Kier alpha value is -4.00. The summed E-state index contributed by atoms with van der Waals surface area (Å²) in [7, 11) is 1.67. The first-order valence-electron chi connectivity index (χ1n) is 11.8. The van der Waals surface area contributed by atoms with Crippen molar-refractivity contribution in [2.24, 2.45) is 0 Å².